The Hall–Kier alpha value is -4.46. The summed E-state index contributed by atoms with van der Waals surface area (Å²) in [5, 5.41) is 30.4. The number of benzene rings is 3. The molecule has 1 aliphatic heterocycles. The topological polar surface area (TPSA) is 115 Å². The smallest absolute Gasteiger partial charge is 0.335 e. The number of phenolic OH excluding ortho intramolecular Hbond substituents is 1. The predicted molar refractivity (Wildman–Crippen MR) is 145 cm³/mol. The molecule has 3 N–H and O–H groups in total. The summed E-state index contributed by atoms with van der Waals surface area (Å²) in [6.07, 6.45) is 2.10. The standard InChI is InChI=1S/C29H28N4O4/c1-16-12-22(19-6-5-7-20(14-19)28(36)37)26(34)24(13-16)30-31-25-17(2)32-33(27(25)35)21-9-8-18-10-11-29(3,4)23(18)15-21/h5-9,12-15,30,34H,10-11H2,1-4H3,(H,36,37)/b31-25-. The zero-order valence-electron chi connectivity index (χ0n) is 21.2. The van der Waals surface area contributed by atoms with Crippen molar-refractivity contribution in [3.63, 3.8) is 0 Å². The third-order valence-corrected chi connectivity index (χ3v) is 7.04. The fourth-order valence-electron chi connectivity index (χ4n) is 4.95. The molecule has 188 valence electrons. The number of aryl methyl sites for hydroxylation is 2. The van der Waals surface area contributed by atoms with Crippen LogP contribution >= 0.6 is 0 Å². The number of phenols is 1. The largest absolute Gasteiger partial charge is 0.505 e. The molecule has 1 aliphatic carbocycles. The Morgan fingerprint density at radius 1 is 1.11 bits per heavy atom. The number of rotatable bonds is 5. The highest BCUT2D eigenvalue weighted by molar-refractivity contribution is 6.71. The van der Waals surface area contributed by atoms with Crippen LogP contribution in [0.3, 0.4) is 0 Å². The third-order valence-electron chi connectivity index (χ3n) is 7.04. The minimum absolute atomic E-state index is 0.0513. The fourth-order valence-corrected chi connectivity index (χ4v) is 4.95. The number of amides is 1. The number of carbonyl (C=O) groups excluding carboxylic acids is 1. The van der Waals surface area contributed by atoms with Crippen LogP contribution in [0, 0.1) is 6.92 Å². The molecule has 0 atom stereocenters. The number of hydrazone groups is 2. The van der Waals surface area contributed by atoms with Gasteiger partial charge in [0.05, 0.1) is 22.6 Å². The van der Waals surface area contributed by atoms with E-state index >= 15 is 0 Å². The summed E-state index contributed by atoms with van der Waals surface area (Å²) in [4.78, 5) is 24.7. The quantitative estimate of drug-likeness (QED) is 0.320. The Balaban J connectivity index is 1.43. The highest BCUT2D eigenvalue weighted by atomic mass is 16.4. The van der Waals surface area contributed by atoms with Gasteiger partial charge >= 0.3 is 11.9 Å². The molecule has 0 unspecified atom stereocenters. The summed E-state index contributed by atoms with van der Waals surface area (Å²) >= 11 is 0. The van der Waals surface area contributed by atoms with E-state index in [1.54, 1.807) is 31.2 Å². The first-order valence-electron chi connectivity index (χ1n) is 12.1. The molecule has 0 aromatic heterocycles. The van der Waals surface area contributed by atoms with Crippen molar-refractivity contribution >= 4 is 34.7 Å². The molecule has 1 heterocycles. The Labute approximate surface area is 215 Å². The average molecular weight is 497 g/mol. The average Bonchev–Trinajstić information content (AvgIpc) is 3.33. The van der Waals surface area contributed by atoms with Gasteiger partial charge in [0.25, 0.3) is 0 Å². The van der Waals surface area contributed by atoms with E-state index < -0.39 is 5.97 Å². The molecular formula is C29H28N4O4. The van der Waals surface area contributed by atoms with Crippen molar-refractivity contribution < 1.29 is 19.8 Å². The number of nitrogens with zero attached hydrogens (tertiary/aromatic N) is 3. The van der Waals surface area contributed by atoms with Gasteiger partial charge < -0.3 is 10.2 Å². The zero-order chi connectivity index (χ0) is 26.5. The van der Waals surface area contributed by atoms with Gasteiger partial charge in [-0.05, 0) is 90.8 Å². The van der Waals surface area contributed by atoms with Crippen molar-refractivity contribution in [2.75, 3.05) is 10.4 Å². The van der Waals surface area contributed by atoms with Gasteiger partial charge in [-0.3, -0.25) is 10.2 Å². The molecule has 3 aromatic rings. The summed E-state index contributed by atoms with van der Waals surface area (Å²) in [5.74, 6) is -1.51. The van der Waals surface area contributed by atoms with Crippen LogP contribution in [0.15, 0.2) is 64.8 Å². The van der Waals surface area contributed by atoms with Gasteiger partial charge in [-0.2, -0.15) is 15.2 Å². The lowest BCUT2D eigenvalue weighted by Gasteiger charge is -2.21. The Kier molecular flexibility index (Phi) is 5.82. The van der Waals surface area contributed by atoms with E-state index in [1.165, 1.54) is 28.3 Å². The number of fused-ring (bicyclic) bond motifs is 1. The summed E-state index contributed by atoms with van der Waals surface area (Å²) < 4.78 is 0. The lowest BCUT2D eigenvalue weighted by Crippen LogP contribution is -2.28. The van der Waals surface area contributed by atoms with Crippen molar-refractivity contribution in [3.8, 4) is 16.9 Å². The summed E-state index contributed by atoms with van der Waals surface area (Å²) in [5.41, 5.74) is 8.95. The molecule has 3 aromatic carbocycles. The van der Waals surface area contributed by atoms with Crippen molar-refractivity contribution in [3.05, 3.63) is 76.9 Å². The molecule has 0 radical (unpaired) electrons. The molecule has 37 heavy (non-hydrogen) atoms. The molecular weight excluding hydrogens is 468 g/mol. The molecule has 0 spiro atoms. The first kappa shape index (κ1) is 24.2. The van der Waals surface area contributed by atoms with E-state index in [-0.39, 0.29) is 28.3 Å². The summed E-state index contributed by atoms with van der Waals surface area (Å²) in [6, 6.07) is 15.8. The number of carboxylic acid groups (broad SMARTS) is 1. The molecule has 2 aliphatic rings. The Morgan fingerprint density at radius 2 is 1.89 bits per heavy atom. The normalized spacial score (nSPS) is 17.2. The second-order valence-electron chi connectivity index (χ2n) is 10.2. The van der Waals surface area contributed by atoms with Crippen LogP contribution in [-0.4, -0.2) is 33.5 Å². The molecule has 8 nitrogen and oxygen atoms in total. The molecule has 5 rings (SSSR count). The maximum atomic E-state index is 13.3. The fraction of sp³-hybridized carbons (Fsp3) is 0.241. The van der Waals surface area contributed by atoms with Gasteiger partial charge in [0.2, 0.25) is 0 Å². The minimum atomic E-state index is -1.05. The number of nitrogens with one attached hydrogen (secondary N) is 1. The Bertz CT molecular complexity index is 1520. The molecule has 0 fully saturated rings. The SMILES string of the molecule is CC1=NN(c2ccc3c(c2)C(C)(C)CC3)C(=O)/C1=N\Nc1cc(C)cc(-c2cccc(C(=O)O)c2)c1O. The Morgan fingerprint density at radius 3 is 2.65 bits per heavy atom. The molecule has 8 heteroatoms. The van der Waals surface area contributed by atoms with Crippen LogP contribution in [0.5, 0.6) is 5.75 Å². The van der Waals surface area contributed by atoms with E-state index in [9.17, 15) is 19.8 Å². The van der Waals surface area contributed by atoms with Crippen LogP contribution in [0.2, 0.25) is 0 Å². The maximum Gasteiger partial charge on any atom is 0.335 e. The van der Waals surface area contributed by atoms with Gasteiger partial charge in [0, 0.05) is 5.56 Å². The van der Waals surface area contributed by atoms with Gasteiger partial charge in [-0.25, -0.2) is 4.79 Å². The van der Waals surface area contributed by atoms with Gasteiger partial charge in [0.1, 0.15) is 5.75 Å². The van der Waals surface area contributed by atoms with Gasteiger partial charge in [0.15, 0.2) is 5.71 Å². The highest BCUT2D eigenvalue weighted by Crippen LogP contribution is 2.41. The number of aromatic carboxylic acids is 1. The molecule has 0 bridgehead atoms. The monoisotopic (exact) mass is 496 g/mol. The van der Waals surface area contributed by atoms with Crippen molar-refractivity contribution in [2.45, 2.75) is 46.0 Å². The number of aromatic hydroxyl groups is 1. The summed E-state index contributed by atoms with van der Waals surface area (Å²) in [7, 11) is 0. The predicted octanol–water partition coefficient (Wildman–Crippen LogP) is 5.48. The first-order chi connectivity index (χ1) is 17.5. The van der Waals surface area contributed by atoms with Crippen LogP contribution in [0.4, 0.5) is 11.4 Å². The minimum Gasteiger partial charge on any atom is -0.505 e. The highest BCUT2D eigenvalue weighted by Gasteiger charge is 2.34. The second-order valence-corrected chi connectivity index (χ2v) is 10.2. The second kappa shape index (κ2) is 8.89. The van der Waals surface area contributed by atoms with E-state index in [1.807, 2.05) is 19.1 Å². The lowest BCUT2D eigenvalue weighted by atomic mass is 9.86. The first-order valence-corrected chi connectivity index (χ1v) is 12.1. The van der Waals surface area contributed by atoms with Crippen LogP contribution in [-0.2, 0) is 16.6 Å². The van der Waals surface area contributed by atoms with E-state index in [4.69, 9.17) is 0 Å². The number of hydrogen-bond donors (Lipinski definition) is 3. The maximum absolute atomic E-state index is 13.3. The molecule has 0 saturated heterocycles. The lowest BCUT2D eigenvalue weighted by molar-refractivity contribution is -0.112. The van der Waals surface area contributed by atoms with Crippen LogP contribution in [0.1, 0.15) is 54.2 Å². The van der Waals surface area contributed by atoms with Crippen molar-refractivity contribution in [1.82, 2.24) is 0 Å². The zero-order valence-corrected chi connectivity index (χ0v) is 21.2. The third kappa shape index (κ3) is 4.35. The van der Waals surface area contributed by atoms with Crippen LogP contribution in [0.25, 0.3) is 11.1 Å². The number of hydrogen-bond acceptors (Lipinski definition) is 6. The van der Waals surface area contributed by atoms with Gasteiger partial charge in [-0.15, -0.1) is 0 Å². The number of carbonyl (C=O) groups is 2. The van der Waals surface area contributed by atoms with Crippen molar-refractivity contribution in [1.29, 1.82) is 0 Å². The van der Waals surface area contributed by atoms with E-state index in [0.717, 1.165) is 18.4 Å². The van der Waals surface area contributed by atoms with Crippen LogP contribution < -0.4 is 10.4 Å². The molecule has 0 saturated carbocycles. The van der Waals surface area contributed by atoms with E-state index in [0.29, 0.717) is 28.2 Å². The van der Waals surface area contributed by atoms with Crippen molar-refractivity contribution in [2.24, 2.45) is 10.2 Å². The molecule has 1 amide bonds. The summed E-state index contributed by atoms with van der Waals surface area (Å²) in [6.45, 7) is 7.99. The van der Waals surface area contributed by atoms with Gasteiger partial charge in [-0.1, -0.05) is 32.0 Å². The number of carboxylic acids is 1. The van der Waals surface area contributed by atoms with E-state index in [2.05, 4.69) is 35.5 Å². The number of anilines is 2.